The first-order valence-corrected chi connectivity index (χ1v) is 6.01. The molecular weight excluding hydrogens is 160 g/mol. The molecule has 13 heavy (non-hydrogen) atoms. The van der Waals surface area contributed by atoms with E-state index in [1.165, 1.54) is 51.4 Å². The molecule has 0 bridgehead atoms. The van der Waals surface area contributed by atoms with Gasteiger partial charge in [0.25, 0.3) is 0 Å². The first-order chi connectivity index (χ1) is 6.33. The molecule has 3 rings (SSSR count). The van der Waals surface area contributed by atoms with Crippen LogP contribution < -0.4 is 0 Å². The summed E-state index contributed by atoms with van der Waals surface area (Å²) < 4.78 is 0. The van der Waals surface area contributed by atoms with Crippen molar-refractivity contribution in [2.24, 2.45) is 17.3 Å². The van der Waals surface area contributed by atoms with E-state index in [2.05, 4.69) is 0 Å². The summed E-state index contributed by atoms with van der Waals surface area (Å²) in [6, 6.07) is 0. The lowest BCUT2D eigenvalue weighted by Gasteiger charge is -2.37. The molecule has 0 radical (unpaired) electrons. The van der Waals surface area contributed by atoms with Crippen molar-refractivity contribution in [2.75, 3.05) is 0 Å². The second kappa shape index (κ2) is 2.73. The third kappa shape index (κ3) is 1.09. The zero-order valence-corrected chi connectivity index (χ0v) is 8.34. The van der Waals surface area contributed by atoms with Gasteiger partial charge in [-0.25, -0.2) is 0 Å². The first kappa shape index (κ1) is 8.28. The van der Waals surface area contributed by atoms with Gasteiger partial charge in [0.05, 0.1) is 6.10 Å². The van der Waals surface area contributed by atoms with Crippen LogP contribution in [0, 0.1) is 17.3 Å². The van der Waals surface area contributed by atoms with Crippen molar-refractivity contribution >= 4 is 0 Å². The zero-order valence-electron chi connectivity index (χ0n) is 8.34. The Balaban J connectivity index is 1.69. The van der Waals surface area contributed by atoms with Crippen molar-refractivity contribution < 1.29 is 5.11 Å². The van der Waals surface area contributed by atoms with Crippen molar-refractivity contribution in [1.29, 1.82) is 0 Å². The van der Waals surface area contributed by atoms with Crippen molar-refractivity contribution in [2.45, 2.75) is 57.5 Å². The lowest BCUT2D eigenvalue weighted by atomic mass is 9.71. The minimum absolute atomic E-state index is 0.0755. The Hall–Kier alpha value is -0.0400. The number of hydrogen-bond acceptors (Lipinski definition) is 1. The molecule has 3 saturated carbocycles. The topological polar surface area (TPSA) is 20.2 Å². The van der Waals surface area contributed by atoms with Crippen LogP contribution >= 0.6 is 0 Å². The first-order valence-electron chi connectivity index (χ1n) is 6.01. The summed E-state index contributed by atoms with van der Waals surface area (Å²) in [5.74, 6) is 1.60. The highest BCUT2D eigenvalue weighted by molar-refractivity contribution is 5.10. The predicted molar refractivity (Wildman–Crippen MR) is 52.4 cm³/mol. The highest BCUT2D eigenvalue weighted by Gasteiger charge is 2.60. The monoisotopic (exact) mass is 180 g/mol. The largest absolute Gasteiger partial charge is 0.392 e. The third-order valence-corrected chi connectivity index (χ3v) is 4.91. The lowest BCUT2D eigenvalue weighted by molar-refractivity contribution is -0.0136. The maximum atomic E-state index is 10.3. The van der Waals surface area contributed by atoms with Crippen LogP contribution in [-0.4, -0.2) is 11.2 Å². The van der Waals surface area contributed by atoms with Gasteiger partial charge in [0, 0.05) is 0 Å². The van der Waals surface area contributed by atoms with E-state index in [0.717, 1.165) is 5.92 Å². The van der Waals surface area contributed by atoms with Gasteiger partial charge < -0.3 is 5.11 Å². The highest BCUT2D eigenvalue weighted by atomic mass is 16.3. The highest BCUT2D eigenvalue weighted by Crippen LogP contribution is 2.65. The minimum Gasteiger partial charge on any atom is -0.392 e. The molecule has 0 amide bonds. The van der Waals surface area contributed by atoms with E-state index < -0.39 is 0 Å². The normalized spacial score (nSPS) is 46.4. The van der Waals surface area contributed by atoms with Crippen LogP contribution in [0.25, 0.3) is 0 Å². The fourth-order valence-electron chi connectivity index (χ4n) is 3.68. The maximum absolute atomic E-state index is 10.3. The standard InChI is InChI=1S/C12H20O/c13-11(9-4-3-5-9)12-7-2-1-6-10(12)8-12/h9-11,13H,1-8H2. The molecule has 3 fully saturated rings. The number of aliphatic hydroxyl groups excluding tert-OH is 1. The zero-order chi connectivity index (χ0) is 8.89. The predicted octanol–water partition coefficient (Wildman–Crippen LogP) is 2.73. The van der Waals surface area contributed by atoms with Crippen LogP contribution in [0.1, 0.15) is 51.4 Å². The van der Waals surface area contributed by atoms with Gasteiger partial charge in [0.1, 0.15) is 0 Å². The van der Waals surface area contributed by atoms with Crippen molar-refractivity contribution in [3.05, 3.63) is 0 Å². The fraction of sp³-hybridized carbons (Fsp3) is 1.00. The van der Waals surface area contributed by atoms with Crippen LogP contribution in [0.15, 0.2) is 0 Å². The van der Waals surface area contributed by atoms with E-state index in [0.29, 0.717) is 11.3 Å². The lowest BCUT2D eigenvalue weighted by Crippen LogP contribution is -2.36. The molecule has 3 aliphatic carbocycles. The Bertz CT molecular complexity index is 209. The molecule has 0 aliphatic heterocycles. The van der Waals surface area contributed by atoms with E-state index in [1.807, 2.05) is 0 Å². The van der Waals surface area contributed by atoms with Crippen LogP contribution in [0.4, 0.5) is 0 Å². The third-order valence-electron chi connectivity index (χ3n) is 4.91. The van der Waals surface area contributed by atoms with E-state index in [-0.39, 0.29) is 6.10 Å². The number of hydrogen-bond donors (Lipinski definition) is 1. The molecule has 0 spiro atoms. The van der Waals surface area contributed by atoms with Crippen LogP contribution in [0.5, 0.6) is 0 Å². The second-order valence-corrected chi connectivity index (χ2v) is 5.52. The fourth-order valence-corrected chi connectivity index (χ4v) is 3.68. The van der Waals surface area contributed by atoms with E-state index >= 15 is 0 Å². The van der Waals surface area contributed by atoms with Crippen LogP contribution in [-0.2, 0) is 0 Å². The quantitative estimate of drug-likeness (QED) is 0.692. The summed E-state index contributed by atoms with van der Waals surface area (Å²) in [6.07, 6.45) is 10.9. The van der Waals surface area contributed by atoms with Gasteiger partial charge in [-0.3, -0.25) is 0 Å². The van der Waals surface area contributed by atoms with Crippen molar-refractivity contribution in [3.63, 3.8) is 0 Å². The Labute approximate surface area is 80.5 Å². The second-order valence-electron chi connectivity index (χ2n) is 5.52. The van der Waals surface area contributed by atoms with Gasteiger partial charge in [-0.2, -0.15) is 0 Å². The molecular formula is C12H20O. The van der Waals surface area contributed by atoms with Crippen LogP contribution in [0.3, 0.4) is 0 Å². The molecule has 74 valence electrons. The smallest absolute Gasteiger partial charge is 0.0627 e. The summed E-state index contributed by atoms with van der Waals surface area (Å²) in [7, 11) is 0. The molecule has 1 nitrogen and oxygen atoms in total. The van der Waals surface area contributed by atoms with Crippen molar-refractivity contribution in [3.8, 4) is 0 Å². The Morgan fingerprint density at radius 2 is 1.92 bits per heavy atom. The summed E-state index contributed by atoms with van der Waals surface area (Å²) in [4.78, 5) is 0. The van der Waals surface area contributed by atoms with E-state index in [4.69, 9.17) is 0 Å². The molecule has 3 atom stereocenters. The molecule has 1 N–H and O–H groups in total. The number of aliphatic hydroxyl groups is 1. The molecule has 0 saturated heterocycles. The van der Waals surface area contributed by atoms with E-state index in [1.54, 1.807) is 0 Å². The van der Waals surface area contributed by atoms with Gasteiger partial charge in [-0.15, -0.1) is 0 Å². The number of fused-ring (bicyclic) bond motifs is 1. The van der Waals surface area contributed by atoms with Gasteiger partial charge in [0.15, 0.2) is 0 Å². The molecule has 0 aromatic carbocycles. The summed E-state index contributed by atoms with van der Waals surface area (Å²) in [6.45, 7) is 0. The van der Waals surface area contributed by atoms with Crippen LogP contribution in [0.2, 0.25) is 0 Å². The Kier molecular flexibility index (Phi) is 1.74. The SMILES string of the molecule is OC(C1CCC1)C12CCCCC1C2. The summed E-state index contributed by atoms with van der Waals surface area (Å²) in [5.41, 5.74) is 0.434. The average molecular weight is 180 g/mol. The molecule has 3 aliphatic rings. The summed E-state index contributed by atoms with van der Waals surface area (Å²) >= 11 is 0. The summed E-state index contributed by atoms with van der Waals surface area (Å²) in [5, 5.41) is 10.3. The number of rotatable bonds is 2. The molecule has 1 heteroatoms. The molecule has 0 aromatic heterocycles. The van der Waals surface area contributed by atoms with Gasteiger partial charge >= 0.3 is 0 Å². The molecule has 3 unspecified atom stereocenters. The van der Waals surface area contributed by atoms with Gasteiger partial charge in [-0.1, -0.05) is 19.3 Å². The minimum atomic E-state index is 0.0755. The average Bonchev–Trinajstić information content (AvgIpc) is 2.75. The van der Waals surface area contributed by atoms with Gasteiger partial charge in [0.2, 0.25) is 0 Å². The molecule has 0 heterocycles. The van der Waals surface area contributed by atoms with Crippen molar-refractivity contribution in [1.82, 2.24) is 0 Å². The Morgan fingerprint density at radius 3 is 2.54 bits per heavy atom. The Morgan fingerprint density at radius 1 is 1.08 bits per heavy atom. The maximum Gasteiger partial charge on any atom is 0.0627 e. The molecule has 0 aromatic rings. The van der Waals surface area contributed by atoms with Gasteiger partial charge in [-0.05, 0) is 49.4 Å². The van der Waals surface area contributed by atoms with E-state index in [9.17, 15) is 5.11 Å².